The van der Waals surface area contributed by atoms with Crippen LogP contribution in [0.4, 0.5) is 11.6 Å². The van der Waals surface area contributed by atoms with Crippen molar-refractivity contribution in [3.8, 4) is 0 Å². The van der Waals surface area contributed by atoms with Crippen LogP contribution in [0.5, 0.6) is 0 Å². The number of aryl methyl sites for hydroxylation is 2. The van der Waals surface area contributed by atoms with Crippen molar-refractivity contribution in [1.29, 1.82) is 0 Å². The van der Waals surface area contributed by atoms with E-state index in [1.807, 2.05) is 19.9 Å². The van der Waals surface area contributed by atoms with Gasteiger partial charge in [-0.05, 0) is 26.0 Å². The van der Waals surface area contributed by atoms with Gasteiger partial charge in [0.1, 0.15) is 23.0 Å². The molecule has 2 aromatic rings. The fourth-order valence-corrected chi connectivity index (χ4v) is 3.05. The first-order chi connectivity index (χ1) is 12.5. The van der Waals surface area contributed by atoms with E-state index in [2.05, 4.69) is 20.2 Å². The van der Waals surface area contributed by atoms with Gasteiger partial charge in [0.15, 0.2) is 0 Å². The minimum absolute atomic E-state index is 0.210. The summed E-state index contributed by atoms with van der Waals surface area (Å²) in [6, 6.07) is 5.24. The highest BCUT2D eigenvalue weighted by Gasteiger charge is 2.25. The normalized spacial score (nSPS) is 14.4. The van der Waals surface area contributed by atoms with E-state index in [-0.39, 0.29) is 17.0 Å². The molecule has 0 aromatic carbocycles. The molecule has 1 N–H and O–H groups in total. The van der Waals surface area contributed by atoms with Gasteiger partial charge in [-0.25, -0.2) is 9.97 Å². The van der Waals surface area contributed by atoms with Gasteiger partial charge in [-0.3, -0.25) is 9.59 Å². The van der Waals surface area contributed by atoms with Gasteiger partial charge in [-0.2, -0.15) is 0 Å². The molecular formula is C18H24N6O2. The molecule has 0 spiro atoms. The third-order valence-corrected chi connectivity index (χ3v) is 4.43. The van der Waals surface area contributed by atoms with Crippen LogP contribution < -0.4 is 15.8 Å². The molecule has 1 aliphatic rings. The van der Waals surface area contributed by atoms with Crippen LogP contribution >= 0.6 is 0 Å². The summed E-state index contributed by atoms with van der Waals surface area (Å²) in [6.07, 6.45) is 1.65. The van der Waals surface area contributed by atoms with Crippen molar-refractivity contribution in [1.82, 2.24) is 19.4 Å². The van der Waals surface area contributed by atoms with E-state index in [4.69, 9.17) is 0 Å². The first kappa shape index (κ1) is 17.9. The van der Waals surface area contributed by atoms with Gasteiger partial charge < -0.3 is 19.7 Å². The molecule has 8 heteroatoms. The molecule has 1 aliphatic heterocycles. The monoisotopic (exact) mass is 356 g/mol. The lowest BCUT2D eigenvalue weighted by Gasteiger charge is -2.35. The van der Waals surface area contributed by atoms with Gasteiger partial charge in [0.25, 0.3) is 11.5 Å². The van der Waals surface area contributed by atoms with Crippen molar-refractivity contribution in [2.75, 3.05) is 42.9 Å². The average molecular weight is 356 g/mol. The SMILES string of the molecule is CCNc1cc(N2CCN(C(=O)c3cccn(C)c3=O)CC2)nc(C)n1. The quantitative estimate of drug-likeness (QED) is 0.876. The molecule has 0 radical (unpaired) electrons. The van der Waals surface area contributed by atoms with Gasteiger partial charge >= 0.3 is 0 Å². The summed E-state index contributed by atoms with van der Waals surface area (Å²) in [7, 11) is 1.65. The minimum Gasteiger partial charge on any atom is -0.370 e. The lowest BCUT2D eigenvalue weighted by molar-refractivity contribution is 0.0744. The maximum absolute atomic E-state index is 12.7. The van der Waals surface area contributed by atoms with Crippen LogP contribution in [-0.2, 0) is 7.05 Å². The van der Waals surface area contributed by atoms with Crippen molar-refractivity contribution in [2.45, 2.75) is 13.8 Å². The molecule has 0 bridgehead atoms. The summed E-state index contributed by atoms with van der Waals surface area (Å²) in [5.74, 6) is 2.17. The molecule has 0 unspecified atom stereocenters. The predicted octanol–water partition coefficient (Wildman–Crippen LogP) is 0.878. The molecule has 1 fully saturated rings. The second-order valence-corrected chi connectivity index (χ2v) is 6.31. The number of carbonyl (C=O) groups is 1. The van der Waals surface area contributed by atoms with Crippen molar-refractivity contribution >= 4 is 17.5 Å². The maximum Gasteiger partial charge on any atom is 0.263 e. The fraction of sp³-hybridized carbons (Fsp3) is 0.444. The van der Waals surface area contributed by atoms with Crippen molar-refractivity contribution in [2.24, 2.45) is 7.05 Å². The molecule has 0 aliphatic carbocycles. The summed E-state index contributed by atoms with van der Waals surface area (Å²) >= 11 is 0. The summed E-state index contributed by atoms with van der Waals surface area (Å²) in [5.41, 5.74) is -0.0441. The Balaban J connectivity index is 1.70. The molecule has 0 saturated carbocycles. The molecule has 1 saturated heterocycles. The molecule has 2 aromatic heterocycles. The Bertz CT molecular complexity index is 855. The number of pyridine rings is 1. The zero-order valence-corrected chi connectivity index (χ0v) is 15.4. The van der Waals surface area contributed by atoms with Crippen LogP contribution in [0.3, 0.4) is 0 Å². The zero-order chi connectivity index (χ0) is 18.7. The number of amides is 1. The summed E-state index contributed by atoms with van der Waals surface area (Å²) in [6.45, 7) is 7.13. The third kappa shape index (κ3) is 3.68. The van der Waals surface area contributed by atoms with E-state index in [0.29, 0.717) is 32.0 Å². The van der Waals surface area contributed by atoms with Gasteiger partial charge in [0, 0.05) is 52.0 Å². The Morgan fingerprint density at radius 3 is 2.65 bits per heavy atom. The highest BCUT2D eigenvalue weighted by atomic mass is 16.2. The standard InChI is InChI=1S/C18H24N6O2/c1-4-19-15-12-16(21-13(2)20-15)23-8-10-24(11-9-23)18(26)14-6-5-7-22(3)17(14)25/h5-7,12H,4,8-11H2,1-3H3,(H,19,20,21). The third-order valence-electron chi connectivity index (χ3n) is 4.43. The van der Waals surface area contributed by atoms with E-state index in [1.165, 1.54) is 4.57 Å². The van der Waals surface area contributed by atoms with E-state index in [0.717, 1.165) is 18.2 Å². The van der Waals surface area contributed by atoms with Gasteiger partial charge in [0.05, 0.1) is 0 Å². The van der Waals surface area contributed by atoms with Crippen LogP contribution in [0.2, 0.25) is 0 Å². The van der Waals surface area contributed by atoms with E-state index < -0.39 is 0 Å². The highest BCUT2D eigenvalue weighted by molar-refractivity contribution is 5.94. The topological polar surface area (TPSA) is 83.4 Å². The molecular weight excluding hydrogens is 332 g/mol. The van der Waals surface area contributed by atoms with Gasteiger partial charge in [0.2, 0.25) is 0 Å². The van der Waals surface area contributed by atoms with Crippen LogP contribution in [0, 0.1) is 6.92 Å². The average Bonchev–Trinajstić information content (AvgIpc) is 2.63. The smallest absolute Gasteiger partial charge is 0.263 e. The van der Waals surface area contributed by atoms with Gasteiger partial charge in [-0.15, -0.1) is 0 Å². The number of piperazine rings is 1. The maximum atomic E-state index is 12.7. The Morgan fingerprint density at radius 1 is 1.23 bits per heavy atom. The number of hydrogen-bond acceptors (Lipinski definition) is 6. The predicted molar refractivity (Wildman–Crippen MR) is 101 cm³/mol. The van der Waals surface area contributed by atoms with Crippen LogP contribution in [0.1, 0.15) is 23.1 Å². The summed E-state index contributed by atoms with van der Waals surface area (Å²) in [5, 5.41) is 3.21. The van der Waals surface area contributed by atoms with Crippen molar-refractivity contribution < 1.29 is 4.79 Å². The minimum atomic E-state index is -0.262. The second kappa shape index (κ2) is 7.55. The van der Waals surface area contributed by atoms with Crippen LogP contribution in [0.25, 0.3) is 0 Å². The van der Waals surface area contributed by atoms with Gasteiger partial charge in [-0.1, -0.05) is 0 Å². The number of nitrogens with zero attached hydrogens (tertiary/aromatic N) is 5. The lowest BCUT2D eigenvalue weighted by atomic mass is 10.2. The van der Waals surface area contributed by atoms with Crippen LogP contribution in [0.15, 0.2) is 29.2 Å². The van der Waals surface area contributed by atoms with E-state index in [9.17, 15) is 9.59 Å². The molecule has 26 heavy (non-hydrogen) atoms. The van der Waals surface area contributed by atoms with Crippen molar-refractivity contribution in [3.05, 3.63) is 46.1 Å². The number of anilines is 2. The van der Waals surface area contributed by atoms with E-state index >= 15 is 0 Å². The number of aromatic nitrogens is 3. The number of nitrogens with one attached hydrogen (secondary N) is 1. The highest BCUT2D eigenvalue weighted by Crippen LogP contribution is 2.18. The Kier molecular flexibility index (Phi) is 5.20. The molecule has 0 atom stereocenters. The first-order valence-electron chi connectivity index (χ1n) is 8.79. The second-order valence-electron chi connectivity index (χ2n) is 6.31. The summed E-state index contributed by atoms with van der Waals surface area (Å²) < 4.78 is 1.43. The summed E-state index contributed by atoms with van der Waals surface area (Å²) in [4.78, 5) is 37.6. The molecule has 3 rings (SSSR count). The van der Waals surface area contributed by atoms with Crippen molar-refractivity contribution in [3.63, 3.8) is 0 Å². The largest absolute Gasteiger partial charge is 0.370 e. The molecule has 138 valence electrons. The Labute approximate surface area is 152 Å². The fourth-order valence-electron chi connectivity index (χ4n) is 3.05. The first-order valence-corrected chi connectivity index (χ1v) is 8.79. The Hall–Kier alpha value is -2.90. The zero-order valence-electron chi connectivity index (χ0n) is 15.4. The molecule has 1 amide bonds. The number of hydrogen-bond donors (Lipinski definition) is 1. The lowest BCUT2D eigenvalue weighted by Crippen LogP contribution is -2.50. The molecule has 3 heterocycles. The number of rotatable bonds is 4. The number of carbonyl (C=O) groups excluding carboxylic acids is 1. The Morgan fingerprint density at radius 2 is 1.96 bits per heavy atom. The molecule has 8 nitrogen and oxygen atoms in total. The van der Waals surface area contributed by atoms with Crippen LogP contribution in [-0.4, -0.2) is 58.1 Å². The van der Waals surface area contributed by atoms with E-state index in [1.54, 1.807) is 30.3 Å².